The Morgan fingerprint density at radius 1 is 0.737 bits per heavy atom. The Morgan fingerprint density at radius 3 is 1.89 bits per heavy atom. The largest absolute Gasteiger partial charge is 0.426 e. The van der Waals surface area contributed by atoms with Gasteiger partial charge in [-0.15, -0.1) is 0 Å². The second kappa shape index (κ2) is 15.4. The first-order chi connectivity index (χ1) is 18.6. The lowest BCUT2D eigenvalue weighted by atomic mass is 9.78. The molecule has 2 fully saturated rings. The number of carbonyl (C=O) groups is 1. The highest BCUT2D eigenvalue weighted by atomic mass is 16.5. The van der Waals surface area contributed by atoms with E-state index < -0.39 is 0 Å². The summed E-state index contributed by atoms with van der Waals surface area (Å²) in [5.74, 6) is 3.96. The molecule has 4 nitrogen and oxygen atoms in total. The molecule has 2 aromatic rings. The van der Waals surface area contributed by atoms with E-state index in [0.717, 1.165) is 61.2 Å². The van der Waals surface area contributed by atoms with Crippen molar-refractivity contribution >= 4 is 5.97 Å². The molecule has 1 aromatic carbocycles. The zero-order valence-corrected chi connectivity index (χ0v) is 24.0. The lowest BCUT2D eigenvalue weighted by Crippen LogP contribution is -2.25. The fourth-order valence-electron chi connectivity index (χ4n) is 6.55. The molecule has 4 rings (SSSR count). The maximum absolute atomic E-state index is 12.7. The highest BCUT2D eigenvalue weighted by molar-refractivity contribution is 5.75. The zero-order valence-electron chi connectivity index (χ0n) is 24.0. The first-order valence-electron chi connectivity index (χ1n) is 15.8. The van der Waals surface area contributed by atoms with Gasteiger partial charge in [-0.2, -0.15) is 0 Å². The van der Waals surface area contributed by atoms with Gasteiger partial charge in [0.1, 0.15) is 5.75 Å². The Morgan fingerprint density at radius 2 is 1.29 bits per heavy atom. The molecule has 2 aliphatic carbocycles. The lowest BCUT2D eigenvalue weighted by Gasteiger charge is -2.28. The quantitative estimate of drug-likeness (QED) is 0.151. The smallest absolute Gasteiger partial charge is 0.314 e. The van der Waals surface area contributed by atoms with Crippen LogP contribution >= 0.6 is 0 Å². The van der Waals surface area contributed by atoms with Crippen molar-refractivity contribution in [1.29, 1.82) is 0 Å². The van der Waals surface area contributed by atoms with E-state index >= 15 is 0 Å². The van der Waals surface area contributed by atoms with E-state index in [1.165, 1.54) is 82.6 Å². The number of rotatable bonds is 13. The van der Waals surface area contributed by atoms with Crippen LogP contribution in [0.5, 0.6) is 5.75 Å². The molecule has 0 bridgehead atoms. The van der Waals surface area contributed by atoms with E-state index in [2.05, 4.69) is 23.8 Å². The number of esters is 1. The molecular weight excluding hydrogens is 468 g/mol. The summed E-state index contributed by atoms with van der Waals surface area (Å²) >= 11 is 0. The highest BCUT2D eigenvalue weighted by Crippen LogP contribution is 2.35. The Hall–Kier alpha value is -2.23. The van der Waals surface area contributed by atoms with E-state index in [0.29, 0.717) is 5.75 Å². The summed E-state index contributed by atoms with van der Waals surface area (Å²) in [6, 6.07) is 7.66. The van der Waals surface area contributed by atoms with Crippen LogP contribution in [0.2, 0.25) is 0 Å². The summed E-state index contributed by atoms with van der Waals surface area (Å²) in [5, 5.41) is 0. The Bertz CT molecular complexity index is 939. The normalized spacial score (nSPS) is 23.7. The average Bonchev–Trinajstić information content (AvgIpc) is 2.97. The molecule has 0 aliphatic heterocycles. The number of hydrogen-bond acceptors (Lipinski definition) is 4. The first-order valence-corrected chi connectivity index (χ1v) is 15.8. The van der Waals surface area contributed by atoms with Crippen LogP contribution in [0.25, 0.3) is 11.4 Å². The number of carbonyl (C=O) groups excluding carboxylic acids is 1. The van der Waals surface area contributed by atoms with E-state index in [1.807, 2.05) is 36.7 Å². The molecule has 4 heteroatoms. The molecule has 0 radical (unpaired) electrons. The van der Waals surface area contributed by atoms with Gasteiger partial charge < -0.3 is 4.74 Å². The van der Waals surface area contributed by atoms with Crippen LogP contribution in [0.3, 0.4) is 0 Å². The van der Waals surface area contributed by atoms with Crippen molar-refractivity contribution in [3.8, 4) is 17.1 Å². The standard InChI is InChI=1S/C34H50N2O2/c1-3-5-7-9-27-16-18-31(19-17-27)34(37)38-32-22-20-30(21-23-32)33-35-24-29(25-36-33)15-14-28-12-10-26(11-13-28)8-6-4-2/h20-28,31H,3-19H2,1-2H3/t26-,27-,28-,31-. The fraction of sp³-hybridized carbons (Fsp3) is 0.676. The second-order valence-electron chi connectivity index (χ2n) is 12.1. The summed E-state index contributed by atoms with van der Waals surface area (Å²) in [4.78, 5) is 22.0. The van der Waals surface area contributed by atoms with Crippen LogP contribution in [-0.2, 0) is 11.2 Å². The fourth-order valence-corrected chi connectivity index (χ4v) is 6.55. The van der Waals surface area contributed by atoms with Gasteiger partial charge in [0.15, 0.2) is 5.82 Å². The Labute approximate surface area is 231 Å². The number of aryl methyl sites for hydroxylation is 1. The minimum Gasteiger partial charge on any atom is -0.426 e. The van der Waals surface area contributed by atoms with E-state index in [9.17, 15) is 4.79 Å². The van der Waals surface area contributed by atoms with Crippen LogP contribution in [-0.4, -0.2) is 15.9 Å². The van der Waals surface area contributed by atoms with Gasteiger partial charge in [0.25, 0.3) is 0 Å². The monoisotopic (exact) mass is 518 g/mol. The van der Waals surface area contributed by atoms with Crippen molar-refractivity contribution < 1.29 is 9.53 Å². The van der Waals surface area contributed by atoms with Crippen molar-refractivity contribution in [2.45, 2.75) is 123 Å². The van der Waals surface area contributed by atoms with Gasteiger partial charge in [-0.25, -0.2) is 9.97 Å². The lowest BCUT2D eigenvalue weighted by molar-refractivity contribution is -0.140. The molecule has 208 valence electrons. The van der Waals surface area contributed by atoms with Gasteiger partial charge >= 0.3 is 5.97 Å². The SMILES string of the molecule is CCCCC[C@H]1CC[C@H](C(=O)Oc2ccc(-c3ncc(CC[C@H]4CC[C@H](CCCC)CC4)cn3)cc2)CC1. The third kappa shape index (κ3) is 8.92. The molecule has 0 N–H and O–H groups in total. The molecular formula is C34H50N2O2. The first kappa shape index (κ1) is 28.8. The number of benzene rings is 1. The van der Waals surface area contributed by atoms with Crippen molar-refractivity contribution in [3.05, 3.63) is 42.2 Å². The van der Waals surface area contributed by atoms with Crippen LogP contribution < -0.4 is 4.74 Å². The molecule has 1 heterocycles. The number of aromatic nitrogens is 2. The van der Waals surface area contributed by atoms with Crippen molar-refractivity contribution in [2.75, 3.05) is 0 Å². The van der Waals surface area contributed by atoms with Gasteiger partial charge in [-0.3, -0.25) is 4.79 Å². The second-order valence-corrected chi connectivity index (χ2v) is 12.1. The maximum atomic E-state index is 12.7. The van der Waals surface area contributed by atoms with E-state index in [-0.39, 0.29) is 11.9 Å². The average molecular weight is 519 g/mol. The molecule has 2 aliphatic rings. The van der Waals surface area contributed by atoms with Gasteiger partial charge in [-0.1, -0.05) is 84.5 Å². The summed E-state index contributed by atoms with van der Waals surface area (Å²) in [6.07, 6.45) is 25.6. The zero-order chi connectivity index (χ0) is 26.6. The summed E-state index contributed by atoms with van der Waals surface area (Å²) in [5.41, 5.74) is 2.18. The molecule has 2 saturated carbocycles. The molecule has 1 aromatic heterocycles. The molecule has 38 heavy (non-hydrogen) atoms. The van der Waals surface area contributed by atoms with Gasteiger partial charge in [-0.05, 0) is 86.1 Å². The predicted molar refractivity (Wildman–Crippen MR) is 156 cm³/mol. The van der Waals surface area contributed by atoms with Gasteiger partial charge in [0, 0.05) is 18.0 Å². The number of ether oxygens (including phenoxy) is 1. The third-order valence-electron chi connectivity index (χ3n) is 9.21. The summed E-state index contributed by atoms with van der Waals surface area (Å²) in [7, 11) is 0. The minimum atomic E-state index is -0.0696. The van der Waals surface area contributed by atoms with E-state index in [4.69, 9.17) is 4.74 Å². The Balaban J connectivity index is 1.18. The molecule has 0 spiro atoms. The van der Waals surface area contributed by atoms with Crippen molar-refractivity contribution in [2.24, 2.45) is 23.7 Å². The maximum Gasteiger partial charge on any atom is 0.314 e. The van der Waals surface area contributed by atoms with Crippen LogP contribution in [0, 0.1) is 23.7 Å². The topological polar surface area (TPSA) is 52.1 Å². The third-order valence-corrected chi connectivity index (χ3v) is 9.21. The number of hydrogen-bond donors (Lipinski definition) is 0. The number of nitrogens with zero attached hydrogens (tertiary/aromatic N) is 2. The van der Waals surface area contributed by atoms with Crippen LogP contribution in [0.4, 0.5) is 0 Å². The summed E-state index contributed by atoms with van der Waals surface area (Å²) in [6.45, 7) is 4.55. The van der Waals surface area contributed by atoms with Gasteiger partial charge in [0.05, 0.1) is 5.92 Å². The summed E-state index contributed by atoms with van der Waals surface area (Å²) < 4.78 is 5.73. The minimum absolute atomic E-state index is 0.0454. The van der Waals surface area contributed by atoms with Crippen molar-refractivity contribution in [1.82, 2.24) is 9.97 Å². The van der Waals surface area contributed by atoms with Crippen molar-refractivity contribution in [3.63, 3.8) is 0 Å². The Kier molecular flexibility index (Phi) is 11.6. The van der Waals surface area contributed by atoms with E-state index in [1.54, 1.807) is 0 Å². The molecule has 0 atom stereocenters. The van der Waals surface area contributed by atoms with Crippen LogP contribution in [0.15, 0.2) is 36.7 Å². The van der Waals surface area contributed by atoms with Crippen LogP contribution in [0.1, 0.15) is 122 Å². The predicted octanol–water partition coefficient (Wildman–Crippen LogP) is 9.36. The highest BCUT2D eigenvalue weighted by Gasteiger charge is 2.27. The molecule has 0 unspecified atom stereocenters. The molecule has 0 amide bonds. The van der Waals surface area contributed by atoms with Gasteiger partial charge in [0.2, 0.25) is 0 Å². The molecule has 0 saturated heterocycles. The number of unbranched alkanes of at least 4 members (excludes halogenated alkanes) is 3.